The van der Waals surface area contributed by atoms with Crippen LogP contribution in [0.25, 0.3) is 0 Å². The van der Waals surface area contributed by atoms with Gasteiger partial charge in [-0.2, -0.15) is 5.26 Å². The van der Waals surface area contributed by atoms with Crippen LogP contribution in [0.5, 0.6) is 0 Å². The normalized spacial score (nSPS) is 20.9. The summed E-state index contributed by atoms with van der Waals surface area (Å²) in [5.41, 5.74) is 5.27. The Morgan fingerprint density at radius 3 is 2.69 bits per heavy atom. The van der Waals surface area contributed by atoms with Gasteiger partial charge in [0.1, 0.15) is 0 Å². The Labute approximate surface area is 96.2 Å². The van der Waals surface area contributed by atoms with Crippen LogP contribution >= 0.6 is 0 Å². The van der Waals surface area contributed by atoms with Gasteiger partial charge in [0, 0.05) is 26.3 Å². The van der Waals surface area contributed by atoms with E-state index in [0.29, 0.717) is 32.5 Å². The Balaban J connectivity index is 2.65. The molecule has 0 aromatic carbocycles. The summed E-state index contributed by atoms with van der Waals surface area (Å²) >= 11 is 0. The number of hydrogen-bond acceptors (Lipinski definition) is 4. The second-order valence-electron chi connectivity index (χ2n) is 4.40. The van der Waals surface area contributed by atoms with Gasteiger partial charge in [-0.25, -0.2) is 0 Å². The van der Waals surface area contributed by atoms with E-state index in [1.807, 2.05) is 6.92 Å². The molecule has 0 radical (unpaired) electrons. The van der Waals surface area contributed by atoms with Crippen molar-refractivity contribution < 1.29 is 9.53 Å². The van der Waals surface area contributed by atoms with Crippen LogP contribution in [0.3, 0.4) is 0 Å². The molecule has 0 aromatic rings. The Morgan fingerprint density at radius 2 is 2.19 bits per heavy atom. The summed E-state index contributed by atoms with van der Waals surface area (Å²) in [6.45, 7) is 2.91. The molecule has 0 aliphatic carbocycles. The van der Waals surface area contributed by atoms with Crippen LogP contribution in [0.1, 0.15) is 26.2 Å². The van der Waals surface area contributed by atoms with Crippen molar-refractivity contribution in [2.75, 3.05) is 20.3 Å². The third-order valence-corrected chi connectivity index (χ3v) is 3.18. The third-order valence-electron chi connectivity index (χ3n) is 3.18. The summed E-state index contributed by atoms with van der Waals surface area (Å²) in [4.78, 5) is 13.7. The summed E-state index contributed by atoms with van der Waals surface area (Å²) in [6.07, 6.45) is 1.43. The molecule has 5 heteroatoms. The van der Waals surface area contributed by atoms with Crippen molar-refractivity contribution >= 4 is 5.91 Å². The quantitative estimate of drug-likeness (QED) is 0.747. The molecule has 1 aliphatic heterocycles. The molecule has 16 heavy (non-hydrogen) atoms. The third kappa shape index (κ3) is 2.71. The molecule has 0 bridgehead atoms. The molecule has 0 saturated carbocycles. The second kappa shape index (κ2) is 5.28. The zero-order valence-corrected chi connectivity index (χ0v) is 9.90. The van der Waals surface area contributed by atoms with Crippen molar-refractivity contribution in [3.63, 3.8) is 0 Å². The van der Waals surface area contributed by atoms with Crippen LogP contribution in [0.2, 0.25) is 0 Å². The largest absolute Gasteiger partial charge is 0.381 e. The molecule has 1 unspecified atom stereocenters. The lowest BCUT2D eigenvalue weighted by Crippen LogP contribution is -2.58. The van der Waals surface area contributed by atoms with Crippen LogP contribution < -0.4 is 5.73 Å². The number of hydrogen-bond donors (Lipinski definition) is 1. The minimum atomic E-state index is -0.809. The summed E-state index contributed by atoms with van der Waals surface area (Å²) < 4.78 is 5.20. The molecule has 1 saturated heterocycles. The fourth-order valence-corrected chi connectivity index (χ4v) is 1.77. The van der Waals surface area contributed by atoms with Crippen molar-refractivity contribution in [2.45, 2.75) is 37.8 Å². The number of ether oxygens (including phenoxy) is 1. The number of rotatable bonds is 3. The predicted octanol–water partition coefficient (Wildman–Crippen LogP) is 0.255. The number of nitriles is 1. The number of carbonyl (C=O) groups is 1. The number of amides is 1. The van der Waals surface area contributed by atoms with Gasteiger partial charge >= 0.3 is 0 Å². The molecule has 0 spiro atoms. The maximum Gasteiger partial charge on any atom is 0.242 e. The van der Waals surface area contributed by atoms with E-state index in [-0.39, 0.29) is 11.9 Å². The van der Waals surface area contributed by atoms with Gasteiger partial charge in [0.25, 0.3) is 0 Å². The molecule has 1 aliphatic rings. The van der Waals surface area contributed by atoms with Crippen LogP contribution in [0.4, 0.5) is 0 Å². The van der Waals surface area contributed by atoms with Crippen LogP contribution in [-0.2, 0) is 9.53 Å². The molecule has 1 fully saturated rings. The number of likely N-dealkylation sites (N-methyl/N-ethyl adjacent to an activating group) is 1. The number of nitrogens with zero attached hydrogens (tertiary/aromatic N) is 2. The van der Waals surface area contributed by atoms with Gasteiger partial charge in [-0.1, -0.05) is 0 Å². The SMILES string of the molecule is CC(CC#N)N(C)C(=O)C1(N)CCOCC1. The zero-order chi connectivity index (χ0) is 12.2. The summed E-state index contributed by atoms with van der Waals surface area (Å²) in [6, 6.07) is 1.96. The van der Waals surface area contributed by atoms with Crippen molar-refractivity contribution in [1.82, 2.24) is 4.90 Å². The number of carbonyl (C=O) groups excluding carboxylic acids is 1. The topological polar surface area (TPSA) is 79.4 Å². The maximum atomic E-state index is 12.2. The Morgan fingerprint density at radius 1 is 1.62 bits per heavy atom. The predicted molar refractivity (Wildman–Crippen MR) is 59.4 cm³/mol. The maximum absolute atomic E-state index is 12.2. The van der Waals surface area contributed by atoms with Gasteiger partial charge < -0.3 is 15.4 Å². The summed E-state index contributed by atoms with van der Waals surface area (Å²) in [5, 5.41) is 8.60. The molecule has 1 amide bonds. The van der Waals surface area contributed by atoms with E-state index in [0.717, 1.165) is 0 Å². The van der Waals surface area contributed by atoms with Crippen molar-refractivity contribution in [3.05, 3.63) is 0 Å². The standard InChI is InChI=1S/C11H19N3O2/c1-9(3-6-12)14(2)10(15)11(13)4-7-16-8-5-11/h9H,3-5,7-8,13H2,1-2H3. The van der Waals surface area contributed by atoms with Gasteiger partial charge in [-0.05, 0) is 19.8 Å². The van der Waals surface area contributed by atoms with E-state index >= 15 is 0 Å². The van der Waals surface area contributed by atoms with Gasteiger partial charge in [-0.15, -0.1) is 0 Å². The van der Waals surface area contributed by atoms with E-state index in [2.05, 4.69) is 6.07 Å². The van der Waals surface area contributed by atoms with Gasteiger partial charge in [0.2, 0.25) is 5.91 Å². The summed E-state index contributed by atoms with van der Waals surface area (Å²) in [7, 11) is 1.70. The Bertz CT molecular complexity index is 292. The lowest BCUT2D eigenvalue weighted by molar-refractivity contribution is -0.141. The van der Waals surface area contributed by atoms with Crippen LogP contribution in [0.15, 0.2) is 0 Å². The first-order valence-corrected chi connectivity index (χ1v) is 5.52. The minimum Gasteiger partial charge on any atom is -0.381 e. The van der Waals surface area contributed by atoms with Crippen LogP contribution in [0, 0.1) is 11.3 Å². The fourth-order valence-electron chi connectivity index (χ4n) is 1.77. The summed E-state index contributed by atoms with van der Waals surface area (Å²) in [5.74, 6) is -0.0847. The van der Waals surface area contributed by atoms with Crippen LogP contribution in [-0.4, -0.2) is 42.6 Å². The fraction of sp³-hybridized carbons (Fsp3) is 0.818. The average molecular weight is 225 g/mol. The van der Waals surface area contributed by atoms with Gasteiger partial charge in [0.05, 0.1) is 18.0 Å². The first kappa shape index (κ1) is 12.9. The molecule has 90 valence electrons. The van der Waals surface area contributed by atoms with E-state index in [4.69, 9.17) is 15.7 Å². The van der Waals surface area contributed by atoms with E-state index in [1.165, 1.54) is 0 Å². The smallest absolute Gasteiger partial charge is 0.242 e. The molecule has 1 heterocycles. The van der Waals surface area contributed by atoms with E-state index in [9.17, 15) is 4.79 Å². The Kier molecular flexibility index (Phi) is 4.27. The highest BCUT2D eigenvalue weighted by Crippen LogP contribution is 2.21. The minimum absolute atomic E-state index is 0.0847. The molecule has 1 atom stereocenters. The van der Waals surface area contributed by atoms with Crippen molar-refractivity contribution in [1.29, 1.82) is 5.26 Å². The molecule has 2 N–H and O–H groups in total. The van der Waals surface area contributed by atoms with E-state index < -0.39 is 5.54 Å². The molecular formula is C11H19N3O2. The molecular weight excluding hydrogens is 206 g/mol. The Hall–Kier alpha value is -1.12. The first-order chi connectivity index (χ1) is 7.51. The zero-order valence-electron chi connectivity index (χ0n) is 9.90. The molecule has 5 nitrogen and oxygen atoms in total. The number of nitrogens with two attached hydrogens (primary N) is 1. The highest BCUT2D eigenvalue weighted by atomic mass is 16.5. The van der Waals surface area contributed by atoms with Crippen molar-refractivity contribution in [3.8, 4) is 6.07 Å². The first-order valence-electron chi connectivity index (χ1n) is 5.52. The average Bonchev–Trinajstić information content (AvgIpc) is 2.28. The highest BCUT2D eigenvalue weighted by molar-refractivity contribution is 5.86. The van der Waals surface area contributed by atoms with Gasteiger partial charge in [-0.3, -0.25) is 4.79 Å². The lowest BCUT2D eigenvalue weighted by Gasteiger charge is -2.37. The van der Waals surface area contributed by atoms with Crippen molar-refractivity contribution in [2.24, 2.45) is 5.73 Å². The second-order valence-corrected chi connectivity index (χ2v) is 4.40. The lowest BCUT2D eigenvalue weighted by atomic mass is 9.89. The van der Waals surface area contributed by atoms with E-state index in [1.54, 1.807) is 11.9 Å². The van der Waals surface area contributed by atoms with Gasteiger partial charge in [0.15, 0.2) is 0 Å². The highest BCUT2D eigenvalue weighted by Gasteiger charge is 2.38. The monoisotopic (exact) mass is 225 g/mol. The molecule has 0 aromatic heterocycles. The molecule has 1 rings (SSSR count).